The molecule has 0 radical (unpaired) electrons. The molecule has 0 N–H and O–H groups in total. The summed E-state index contributed by atoms with van der Waals surface area (Å²) in [7, 11) is 0. The quantitative estimate of drug-likeness (QED) is 0.148. The summed E-state index contributed by atoms with van der Waals surface area (Å²) < 4.78 is 2.37. The van der Waals surface area contributed by atoms with Gasteiger partial charge in [-0.15, -0.1) is 0 Å². The van der Waals surface area contributed by atoms with Crippen LogP contribution in [0.15, 0.2) is 231 Å². The van der Waals surface area contributed by atoms with E-state index in [9.17, 15) is 0 Å². The van der Waals surface area contributed by atoms with E-state index >= 15 is 0 Å². The highest BCUT2D eigenvalue weighted by molar-refractivity contribution is 6.14. The maximum Gasteiger partial charge on any atom is 0.0541 e. The van der Waals surface area contributed by atoms with Gasteiger partial charge in [0.15, 0.2) is 0 Å². The summed E-state index contributed by atoms with van der Waals surface area (Å²) in [6.45, 7) is 0. The molecule has 0 aliphatic heterocycles. The molecule has 0 spiro atoms. The summed E-state index contributed by atoms with van der Waals surface area (Å²) in [4.78, 5) is 2.35. The van der Waals surface area contributed by atoms with E-state index in [0.29, 0.717) is 0 Å². The van der Waals surface area contributed by atoms with Gasteiger partial charge in [0.2, 0.25) is 0 Å². The summed E-state index contributed by atoms with van der Waals surface area (Å²) in [5.74, 6) is 0. The Morgan fingerprint density at radius 2 is 0.672 bits per heavy atom. The van der Waals surface area contributed by atoms with Crippen LogP contribution < -0.4 is 4.90 Å². The molecule has 272 valence electrons. The lowest BCUT2D eigenvalue weighted by molar-refractivity contribution is 1.17. The van der Waals surface area contributed by atoms with Crippen LogP contribution in [0.5, 0.6) is 0 Å². The highest BCUT2D eigenvalue weighted by Crippen LogP contribution is 2.40. The van der Waals surface area contributed by atoms with Gasteiger partial charge < -0.3 is 9.47 Å². The lowest BCUT2D eigenvalue weighted by Gasteiger charge is -2.26. The van der Waals surface area contributed by atoms with Gasteiger partial charge >= 0.3 is 0 Å². The molecule has 0 fully saturated rings. The molecule has 1 heterocycles. The zero-order chi connectivity index (χ0) is 38.4. The zero-order valence-electron chi connectivity index (χ0n) is 31.8. The van der Waals surface area contributed by atoms with Crippen molar-refractivity contribution >= 4 is 60.4 Å². The number of anilines is 3. The van der Waals surface area contributed by atoms with E-state index in [1.165, 1.54) is 76.7 Å². The van der Waals surface area contributed by atoms with Gasteiger partial charge in [-0.3, -0.25) is 0 Å². The molecule has 0 aliphatic carbocycles. The number of hydrogen-bond donors (Lipinski definition) is 0. The van der Waals surface area contributed by atoms with E-state index in [1.807, 2.05) is 0 Å². The predicted molar refractivity (Wildman–Crippen MR) is 247 cm³/mol. The van der Waals surface area contributed by atoms with Gasteiger partial charge in [-0.25, -0.2) is 0 Å². The predicted octanol–water partition coefficient (Wildman–Crippen LogP) is 15.6. The molecule has 0 unspecified atom stereocenters. The Morgan fingerprint density at radius 3 is 1.24 bits per heavy atom. The van der Waals surface area contributed by atoms with Crippen molar-refractivity contribution in [1.29, 1.82) is 0 Å². The Bertz CT molecular complexity index is 3180. The third-order valence-corrected chi connectivity index (χ3v) is 11.6. The fourth-order valence-electron chi connectivity index (χ4n) is 8.77. The van der Waals surface area contributed by atoms with Crippen molar-refractivity contribution in [3.05, 3.63) is 231 Å². The summed E-state index contributed by atoms with van der Waals surface area (Å²) in [5, 5.41) is 7.64. The second-order valence-corrected chi connectivity index (χ2v) is 14.9. The topological polar surface area (TPSA) is 8.17 Å². The van der Waals surface area contributed by atoms with Crippen molar-refractivity contribution in [1.82, 2.24) is 4.57 Å². The number of aromatic nitrogens is 1. The molecule has 2 nitrogen and oxygen atoms in total. The van der Waals surface area contributed by atoms with Crippen LogP contribution in [-0.4, -0.2) is 4.57 Å². The lowest BCUT2D eigenvalue weighted by atomic mass is 9.92. The standard InChI is InChI=1S/C56H38N2/c1-2-12-39(13-3-1)41-26-30-45(31-27-41)57(47-34-36-48(37-35-47)58-55-20-10-8-18-52(55)53-19-9-11-21-56(53)58)46-32-28-42(29-33-46)40-22-24-43(25-23-40)54-38-44-14-4-5-15-49(44)50-16-6-7-17-51(50)54/h1-38H. The Hall–Kier alpha value is -7.68. The molecule has 0 aliphatic rings. The minimum absolute atomic E-state index is 1.09. The third kappa shape index (κ3) is 5.82. The molecule has 0 bridgehead atoms. The number of fused-ring (bicyclic) bond motifs is 6. The van der Waals surface area contributed by atoms with E-state index in [4.69, 9.17) is 0 Å². The number of benzene rings is 10. The molecule has 0 saturated heterocycles. The average molecular weight is 739 g/mol. The number of rotatable bonds is 7. The third-order valence-electron chi connectivity index (χ3n) is 11.6. The first kappa shape index (κ1) is 33.6. The van der Waals surface area contributed by atoms with Crippen LogP contribution in [0.4, 0.5) is 17.1 Å². The van der Waals surface area contributed by atoms with E-state index in [2.05, 4.69) is 240 Å². The zero-order valence-corrected chi connectivity index (χ0v) is 31.8. The van der Waals surface area contributed by atoms with E-state index in [-0.39, 0.29) is 0 Å². The molecule has 1 aromatic heterocycles. The Labute approximate surface area is 338 Å². The van der Waals surface area contributed by atoms with Crippen molar-refractivity contribution < 1.29 is 0 Å². The molecule has 2 heteroatoms. The van der Waals surface area contributed by atoms with Gasteiger partial charge in [0.1, 0.15) is 0 Å². The first-order valence-electron chi connectivity index (χ1n) is 19.9. The summed E-state index contributed by atoms with van der Waals surface area (Å²) in [6.07, 6.45) is 0. The van der Waals surface area contributed by atoms with Crippen molar-refractivity contribution in [2.24, 2.45) is 0 Å². The van der Waals surface area contributed by atoms with Gasteiger partial charge in [-0.1, -0.05) is 164 Å². The van der Waals surface area contributed by atoms with Crippen LogP contribution in [0, 0.1) is 0 Å². The highest BCUT2D eigenvalue weighted by Gasteiger charge is 2.16. The molecule has 58 heavy (non-hydrogen) atoms. The van der Waals surface area contributed by atoms with Crippen molar-refractivity contribution in [2.75, 3.05) is 4.90 Å². The maximum atomic E-state index is 2.37. The fraction of sp³-hybridized carbons (Fsp3) is 0. The lowest BCUT2D eigenvalue weighted by Crippen LogP contribution is -2.10. The summed E-state index contributed by atoms with van der Waals surface area (Å²) in [6, 6.07) is 83.5. The van der Waals surface area contributed by atoms with E-state index in [1.54, 1.807) is 0 Å². The summed E-state index contributed by atoms with van der Waals surface area (Å²) >= 11 is 0. The van der Waals surface area contributed by atoms with Crippen LogP contribution in [-0.2, 0) is 0 Å². The Morgan fingerprint density at radius 1 is 0.276 bits per heavy atom. The first-order valence-corrected chi connectivity index (χ1v) is 19.9. The van der Waals surface area contributed by atoms with Crippen LogP contribution in [0.2, 0.25) is 0 Å². The van der Waals surface area contributed by atoms with Crippen LogP contribution >= 0.6 is 0 Å². The summed E-state index contributed by atoms with van der Waals surface area (Å²) in [5.41, 5.74) is 14.1. The van der Waals surface area contributed by atoms with Crippen molar-refractivity contribution in [3.63, 3.8) is 0 Å². The molecular weight excluding hydrogens is 701 g/mol. The Kier molecular flexibility index (Phi) is 8.19. The minimum Gasteiger partial charge on any atom is -0.311 e. The van der Waals surface area contributed by atoms with Crippen LogP contribution in [0.3, 0.4) is 0 Å². The van der Waals surface area contributed by atoms with Gasteiger partial charge in [-0.05, 0) is 122 Å². The van der Waals surface area contributed by atoms with Crippen molar-refractivity contribution in [2.45, 2.75) is 0 Å². The fourth-order valence-corrected chi connectivity index (χ4v) is 8.77. The average Bonchev–Trinajstić information content (AvgIpc) is 3.64. The monoisotopic (exact) mass is 738 g/mol. The van der Waals surface area contributed by atoms with E-state index < -0.39 is 0 Å². The van der Waals surface area contributed by atoms with Crippen molar-refractivity contribution in [3.8, 4) is 39.1 Å². The van der Waals surface area contributed by atoms with Crippen LogP contribution in [0.1, 0.15) is 0 Å². The number of para-hydroxylation sites is 2. The highest BCUT2D eigenvalue weighted by atomic mass is 15.1. The first-order chi connectivity index (χ1) is 28.8. The van der Waals surface area contributed by atoms with Gasteiger partial charge in [0.25, 0.3) is 0 Å². The molecule has 11 aromatic rings. The number of nitrogens with zero attached hydrogens (tertiary/aromatic N) is 2. The van der Waals surface area contributed by atoms with Gasteiger partial charge in [0.05, 0.1) is 11.0 Å². The molecule has 0 saturated carbocycles. The van der Waals surface area contributed by atoms with E-state index in [0.717, 1.165) is 22.7 Å². The van der Waals surface area contributed by atoms with Gasteiger partial charge in [-0.2, -0.15) is 0 Å². The van der Waals surface area contributed by atoms with Gasteiger partial charge in [0, 0.05) is 33.5 Å². The second kappa shape index (κ2) is 14.1. The smallest absolute Gasteiger partial charge is 0.0541 e. The largest absolute Gasteiger partial charge is 0.311 e. The molecule has 10 aromatic carbocycles. The molecule has 11 rings (SSSR count). The minimum atomic E-state index is 1.09. The maximum absolute atomic E-state index is 2.37. The Balaban J connectivity index is 0.953. The second-order valence-electron chi connectivity index (χ2n) is 14.9. The molecule has 0 amide bonds. The molecule has 0 atom stereocenters. The normalized spacial score (nSPS) is 11.4. The van der Waals surface area contributed by atoms with Crippen LogP contribution in [0.25, 0.3) is 82.4 Å². The number of hydrogen-bond acceptors (Lipinski definition) is 1. The molecular formula is C56H38N2. The SMILES string of the molecule is c1ccc(-c2ccc(N(c3ccc(-c4ccc(-c5cc6ccccc6c6ccccc56)cc4)cc3)c3ccc(-n4c5ccccc5c5ccccc54)cc3)cc2)cc1.